The molecule has 3 aromatic rings. The van der Waals surface area contributed by atoms with E-state index in [2.05, 4.69) is 5.32 Å². The van der Waals surface area contributed by atoms with Gasteiger partial charge in [-0.05, 0) is 54.3 Å². The van der Waals surface area contributed by atoms with Crippen LogP contribution in [0.1, 0.15) is 36.8 Å². The molecule has 1 aliphatic carbocycles. The number of nitrogens with one attached hydrogen (secondary N) is 1. The average Bonchev–Trinajstić information content (AvgIpc) is 3.43. The van der Waals surface area contributed by atoms with Crippen LogP contribution in [0.2, 0.25) is 10.0 Å². The monoisotopic (exact) mass is 601 g/mol. The van der Waals surface area contributed by atoms with E-state index in [1.54, 1.807) is 42.5 Å². The second-order valence-corrected chi connectivity index (χ2v) is 12.9. The molecular formula is C30H33Cl2N3O4S. The number of benzene rings is 3. The van der Waals surface area contributed by atoms with E-state index in [0.29, 0.717) is 10.0 Å². The molecule has 0 radical (unpaired) electrons. The maximum atomic E-state index is 14.1. The third-order valence-corrected chi connectivity index (χ3v) is 8.64. The van der Waals surface area contributed by atoms with Gasteiger partial charge in [-0.2, -0.15) is 0 Å². The Morgan fingerprint density at radius 1 is 0.900 bits per heavy atom. The summed E-state index contributed by atoms with van der Waals surface area (Å²) in [5.74, 6) is -0.769. The lowest BCUT2D eigenvalue weighted by atomic mass is 10.0. The molecule has 10 heteroatoms. The highest BCUT2D eigenvalue weighted by molar-refractivity contribution is 7.92. The molecule has 3 aromatic carbocycles. The van der Waals surface area contributed by atoms with E-state index in [4.69, 9.17) is 23.2 Å². The summed E-state index contributed by atoms with van der Waals surface area (Å²) in [6.45, 7) is -0.395. The molecule has 1 fully saturated rings. The van der Waals surface area contributed by atoms with Crippen LogP contribution in [0.4, 0.5) is 5.69 Å². The lowest BCUT2D eigenvalue weighted by molar-refractivity contribution is -0.140. The van der Waals surface area contributed by atoms with Gasteiger partial charge >= 0.3 is 0 Å². The number of nitrogens with zero attached hydrogens (tertiary/aromatic N) is 2. The van der Waals surface area contributed by atoms with Gasteiger partial charge in [-0.25, -0.2) is 8.42 Å². The summed E-state index contributed by atoms with van der Waals surface area (Å²) in [6.07, 6.45) is 5.19. The zero-order valence-corrected chi connectivity index (χ0v) is 24.6. The summed E-state index contributed by atoms with van der Waals surface area (Å²) in [7, 11) is -3.86. The number of carbonyl (C=O) groups is 2. The molecule has 40 heavy (non-hydrogen) atoms. The van der Waals surface area contributed by atoms with Crippen molar-refractivity contribution >= 4 is 50.7 Å². The van der Waals surface area contributed by atoms with Gasteiger partial charge in [0.2, 0.25) is 21.8 Å². The molecule has 0 heterocycles. The van der Waals surface area contributed by atoms with Gasteiger partial charge in [-0.3, -0.25) is 13.9 Å². The van der Waals surface area contributed by atoms with E-state index >= 15 is 0 Å². The van der Waals surface area contributed by atoms with Crippen LogP contribution in [0.25, 0.3) is 0 Å². The van der Waals surface area contributed by atoms with E-state index in [0.717, 1.165) is 47.4 Å². The first kappa shape index (κ1) is 29.9. The molecule has 1 unspecified atom stereocenters. The Hall–Kier alpha value is -3.07. The van der Waals surface area contributed by atoms with Crippen LogP contribution in [0, 0.1) is 0 Å². The first-order valence-electron chi connectivity index (χ1n) is 13.2. The normalized spacial score (nSPS) is 14.5. The zero-order chi connectivity index (χ0) is 28.7. The number of sulfonamides is 1. The predicted molar refractivity (Wildman–Crippen MR) is 160 cm³/mol. The fourth-order valence-electron chi connectivity index (χ4n) is 4.95. The molecule has 1 atom stereocenters. The van der Waals surface area contributed by atoms with Crippen LogP contribution in [0.15, 0.2) is 78.9 Å². The number of hydrogen-bond donors (Lipinski definition) is 1. The smallest absolute Gasteiger partial charge is 0.244 e. The quantitative estimate of drug-likeness (QED) is 0.316. The highest BCUT2D eigenvalue weighted by Crippen LogP contribution is 2.24. The number of halogens is 2. The summed E-state index contributed by atoms with van der Waals surface area (Å²) < 4.78 is 26.7. The second kappa shape index (κ2) is 13.5. The van der Waals surface area contributed by atoms with Crippen molar-refractivity contribution in [1.82, 2.24) is 10.2 Å². The number of hydrogen-bond acceptors (Lipinski definition) is 4. The second-order valence-electron chi connectivity index (χ2n) is 10.1. The van der Waals surface area contributed by atoms with E-state index in [-0.39, 0.29) is 30.6 Å². The minimum atomic E-state index is -3.86. The minimum absolute atomic E-state index is 0.0530. The fraction of sp³-hybridized carbons (Fsp3) is 0.333. The Morgan fingerprint density at radius 3 is 2.20 bits per heavy atom. The molecule has 0 aromatic heterocycles. The molecule has 1 aliphatic rings. The molecule has 7 nitrogen and oxygen atoms in total. The predicted octanol–water partition coefficient (Wildman–Crippen LogP) is 5.46. The van der Waals surface area contributed by atoms with Crippen molar-refractivity contribution in [2.75, 3.05) is 17.1 Å². The Kier molecular flexibility index (Phi) is 10.1. The van der Waals surface area contributed by atoms with Crippen LogP contribution in [0.3, 0.4) is 0 Å². The van der Waals surface area contributed by atoms with Gasteiger partial charge in [0, 0.05) is 29.1 Å². The Bertz CT molecular complexity index is 1410. The highest BCUT2D eigenvalue weighted by atomic mass is 35.5. The Morgan fingerprint density at radius 2 is 1.57 bits per heavy atom. The van der Waals surface area contributed by atoms with Crippen LogP contribution >= 0.6 is 23.2 Å². The number of carbonyl (C=O) groups excluding carboxylic acids is 2. The summed E-state index contributed by atoms with van der Waals surface area (Å²) in [5.41, 5.74) is 1.92. The van der Waals surface area contributed by atoms with Crippen molar-refractivity contribution in [2.45, 2.75) is 50.7 Å². The number of rotatable bonds is 11. The maximum absolute atomic E-state index is 14.1. The van der Waals surface area contributed by atoms with E-state index in [9.17, 15) is 18.0 Å². The maximum Gasteiger partial charge on any atom is 0.244 e. The molecule has 1 saturated carbocycles. The first-order chi connectivity index (χ1) is 19.1. The fourth-order valence-corrected chi connectivity index (χ4v) is 6.10. The standard InChI is InChI=1S/C30H33Cl2N3O4S/c1-40(38,39)35(27-13-7-10-25(32)19-27)21-29(36)34(20-23-14-16-24(31)17-15-23)28(18-22-8-3-2-4-9-22)30(37)33-26-11-5-6-12-26/h2-4,7-10,13-17,19,26,28H,5-6,11-12,18,20-21H2,1H3,(H,33,37). The van der Waals surface area contributed by atoms with Crippen molar-refractivity contribution in [3.8, 4) is 0 Å². The lowest BCUT2D eigenvalue weighted by Crippen LogP contribution is -2.54. The average molecular weight is 603 g/mol. The first-order valence-corrected chi connectivity index (χ1v) is 15.8. The summed E-state index contributed by atoms with van der Waals surface area (Å²) >= 11 is 12.2. The highest BCUT2D eigenvalue weighted by Gasteiger charge is 2.34. The van der Waals surface area contributed by atoms with E-state index in [1.165, 1.54) is 11.0 Å². The van der Waals surface area contributed by atoms with Gasteiger partial charge in [0.25, 0.3) is 0 Å². The molecule has 4 rings (SSSR count). The van der Waals surface area contributed by atoms with Crippen LogP contribution in [-0.2, 0) is 32.6 Å². The van der Waals surface area contributed by atoms with Gasteiger partial charge in [0.05, 0.1) is 11.9 Å². The van der Waals surface area contributed by atoms with Crippen molar-refractivity contribution in [2.24, 2.45) is 0 Å². The molecular weight excluding hydrogens is 569 g/mol. The molecule has 0 aliphatic heterocycles. The molecule has 0 saturated heterocycles. The zero-order valence-electron chi connectivity index (χ0n) is 22.3. The largest absolute Gasteiger partial charge is 0.352 e. The molecule has 0 spiro atoms. The molecule has 0 bridgehead atoms. The SMILES string of the molecule is CS(=O)(=O)N(CC(=O)N(Cc1ccc(Cl)cc1)C(Cc1ccccc1)C(=O)NC1CCCC1)c1cccc(Cl)c1. The lowest BCUT2D eigenvalue weighted by Gasteiger charge is -2.34. The van der Waals surface area contributed by atoms with Crippen molar-refractivity contribution < 1.29 is 18.0 Å². The topological polar surface area (TPSA) is 86.8 Å². The van der Waals surface area contributed by atoms with Crippen LogP contribution in [-0.4, -0.2) is 50.0 Å². The summed E-state index contributed by atoms with van der Waals surface area (Å²) in [6, 6.07) is 22.0. The summed E-state index contributed by atoms with van der Waals surface area (Å²) in [4.78, 5) is 29.4. The number of anilines is 1. The van der Waals surface area contributed by atoms with Gasteiger partial charge < -0.3 is 10.2 Å². The van der Waals surface area contributed by atoms with Crippen LogP contribution in [0.5, 0.6) is 0 Å². The van der Waals surface area contributed by atoms with Crippen molar-refractivity contribution in [3.05, 3.63) is 100 Å². The third-order valence-electron chi connectivity index (χ3n) is 7.01. The number of amides is 2. The van der Waals surface area contributed by atoms with Crippen molar-refractivity contribution in [1.29, 1.82) is 0 Å². The summed E-state index contributed by atoms with van der Waals surface area (Å²) in [5, 5.41) is 4.04. The third kappa shape index (κ3) is 8.22. The van der Waals surface area contributed by atoms with Gasteiger partial charge in [0.1, 0.15) is 12.6 Å². The van der Waals surface area contributed by atoms with Gasteiger partial charge in [-0.1, -0.05) is 84.6 Å². The molecule has 1 N–H and O–H groups in total. The Balaban J connectivity index is 1.72. The van der Waals surface area contributed by atoms with Gasteiger partial charge in [-0.15, -0.1) is 0 Å². The van der Waals surface area contributed by atoms with E-state index in [1.807, 2.05) is 30.3 Å². The Labute approximate surface area is 246 Å². The van der Waals surface area contributed by atoms with Gasteiger partial charge in [0.15, 0.2) is 0 Å². The molecule has 212 valence electrons. The van der Waals surface area contributed by atoms with Crippen LogP contribution < -0.4 is 9.62 Å². The molecule has 2 amide bonds. The minimum Gasteiger partial charge on any atom is -0.352 e. The van der Waals surface area contributed by atoms with Crippen molar-refractivity contribution in [3.63, 3.8) is 0 Å². The van der Waals surface area contributed by atoms with E-state index < -0.39 is 28.5 Å².